The van der Waals surface area contributed by atoms with Crippen LogP contribution in [-0.4, -0.2) is 35.5 Å². The predicted octanol–water partition coefficient (Wildman–Crippen LogP) is 2.49. The Hall–Kier alpha value is -1.62. The number of hydrogen-bond donors (Lipinski definition) is 1. The number of benzene rings is 1. The van der Waals surface area contributed by atoms with Crippen LogP contribution >= 0.6 is 0 Å². The average Bonchev–Trinajstić information content (AvgIpc) is 2.40. The number of rotatable bonds is 4. The first-order valence-corrected chi connectivity index (χ1v) is 6.43. The molecule has 0 amide bonds. The van der Waals surface area contributed by atoms with Gasteiger partial charge in [-0.15, -0.1) is 0 Å². The van der Waals surface area contributed by atoms with Crippen molar-refractivity contribution in [1.29, 1.82) is 0 Å². The monoisotopic (exact) mass is 249 g/mol. The molecular weight excluding hydrogens is 230 g/mol. The van der Waals surface area contributed by atoms with Gasteiger partial charge in [-0.2, -0.15) is 0 Å². The second kappa shape index (κ2) is 5.82. The first-order chi connectivity index (χ1) is 8.70. The van der Waals surface area contributed by atoms with Gasteiger partial charge in [-0.3, -0.25) is 10.1 Å². The Labute approximate surface area is 107 Å². The summed E-state index contributed by atoms with van der Waals surface area (Å²) >= 11 is 0. The molecule has 0 aliphatic carbocycles. The van der Waals surface area contributed by atoms with Crippen molar-refractivity contribution in [2.75, 3.05) is 25.0 Å². The molecule has 0 spiro atoms. The van der Waals surface area contributed by atoms with Crippen molar-refractivity contribution >= 4 is 11.4 Å². The van der Waals surface area contributed by atoms with Gasteiger partial charge in [0.05, 0.1) is 4.92 Å². The zero-order chi connectivity index (χ0) is 13.0. The van der Waals surface area contributed by atoms with E-state index in [-0.39, 0.29) is 10.6 Å². The minimum Gasteiger partial charge on any atom is -0.377 e. The summed E-state index contributed by atoms with van der Waals surface area (Å²) in [4.78, 5) is 13.0. The Morgan fingerprint density at radius 3 is 2.67 bits per heavy atom. The van der Waals surface area contributed by atoms with Crippen LogP contribution in [-0.2, 0) is 0 Å². The van der Waals surface area contributed by atoms with Gasteiger partial charge in [-0.05, 0) is 25.5 Å². The van der Waals surface area contributed by atoms with Gasteiger partial charge >= 0.3 is 0 Å². The maximum atomic E-state index is 10.9. The maximum Gasteiger partial charge on any atom is 0.292 e. The number of anilines is 1. The molecule has 5 nitrogen and oxygen atoms in total. The molecule has 0 saturated carbocycles. The summed E-state index contributed by atoms with van der Waals surface area (Å²) in [6.45, 7) is 5.37. The molecule has 0 radical (unpaired) electrons. The molecule has 1 fully saturated rings. The van der Waals surface area contributed by atoms with E-state index in [2.05, 4.69) is 17.1 Å². The minimum absolute atomic E-state index is 0.162. The van der Waals surface area contributed by atoms with Crippen LogP contribution in [0.15, 0.2) is 24.3 Å². The van der Waals surface area contributed by atoms with Crippen LogP contribution in [0.3, 0.4) is 0 Å². The number of likely N-dealkylation sites (tertiary alicyclic amines) is 1. The smallest absolute Gasteiger partial charge is 0.292 e. The molecule has 2 rings (SSSR count). The fourth-order valence-corrected chi connectivity index (χ4v) is 2.37. The molecule has 1 aliphatic heterocycles. The summed E-state index contributed by atoms with van der Waals surface area (Å²) < 4.78 is 0. The number of piperidine rings is 1. The fourth-order valence-electron chi connectivity index (χ4n) is 2.37. The van der Waals surface area contributed by atoms with Gasteiger partial charge in [0.25, 0.3) is 5.69 Å². The number of nitrogens with zero attached hydrogens (tertiary/aromatic N) is 2. The van der Waals surface area contributed by atoms with Gasteiger partial charge in [0.15, 0.2) is 0 Å². The topological polar surface area (TPSA) is 58.4 Å². The van der Waals surface area contributed by atoms with Gasteiger partial charge in [0.2, 0.25) is 0 Å². The maximum absolute atomic E-state index is 10.9. The first-order valence-electron chi connectivity index (χ1n) is 6.43. The van der Waals surface area contributed by atoms with E-state index in [1.165, 1.54) is 0 Å². The summed E-state index contributed by atoms with van der Waals surface area (Å²) in [7, 11) is 0. The highest BCUT2D eigenvalue weighted by atomic mass is 16.6. The van der Waals surface area contributed by atoms with Gasteiger partial charge in [-0.25, -0.2) is 0 Å². The minimum atomic E-state index is -0.330. The third-order valence-electron chi connectivity index (χ3n) is 3.50. The highest BCUT2D eigenvalue weighted by molar-refractivity contribution is 5.61. The summed E-state index contributed by atoms with van der Waals surface area (Å²) in [5.41, 5.74) is 0.799. The lowest BCUT2D eigenvalue weighted by Crippen LogP contribution is -2.38. The lowest BCUT2D eigenvalue weighted by Gasteiger charge is -2.31. The van der Waals surface area contributed by atoms with Crippen molar-refractivity contribution in [2.45, 2.75) is 25.8 Å². The largest absolute Gasteiger partial charge is 0.377 e. The normalized spacial score (nSPS) is 17.6. The van der Waals surface area contributed by atoms with Crippen molar-refractivity contribution in [3.63, 3.8) is 0 Å². The molecular formula is C13H19N3O2. The molecule has 0 aromatic heterocycles. The summed E-state index contributed by atoms with van der Waals surface area (Å²) in [6, 6.07) is 7.20. The second-order valence-corrected chi connectivity index (χ2v) is 4.63. The predicted molar refractivity (Wildman–Crippen MR) is 71.9 cm³/mol. The highest BCUT2D eigenvalue weighted by Crippen LogP contribution is 2.25. The molecule has 1 heterocycles. The van der Waals surface area contributed by atoms with E-state index in [4.69, 9.17) is 0 Å². The quantitative estimate of drug-likeness (QED) is 0.658. The molecule has 1 N–H and O–H groups in total. The summed E-state index contributed by atoms with van der Waals surface area (Å²) in [6.07, 6.45) is 2.08. The lowest BCUT2D eigenvalue weighted by atomic mass is 10.0. The van der Waals surface area contributed by atoms with Crippen molar-refractivity contribution in [2.24, 2.45) is 0 Å². The Kier molecular flexibility index (Phi) is 4.15. The Bertz CT molecular complexity index is 414. The van der Waals surface area contributed by atoms with Gasteiger partial charge in [-0.1, -0.05) is 19.1 Å². The standard InChI is InChI=1S/C13H19N3O2/c1-2-15-9-7-11(8-10-15)14-12-5-3-4-6-13(12)16(17)18/h3-6,11,14H,2,7-10H2,1H3. The number of nitrogens with one attached hydrogen (secondary N) is 1. The van der Waals surface area contributed by atoms with Gasteiger partial charge in [0, 0.05) is 25.2 Å². The third-order valence-corrected chi connectivity index (χ3v) is 3.50. The van der Waals surface area contributed by atoms with Crippen molar-refractivity contribution in [3.8, 4) is 0 Å². The Morgan fingerprint density at radius 1 is 1.39 bits per heavy atom. The number of hydrogen-bond acceptors (Lipinski definition) is 4. The van der Waals surface area contributed by atoms with E-state index < -0.39 is 0 Å². The third kappa shape index (κ3) is 2.98. The number of para-hydroxylation sites is 2. The van der Waals surface area contributed by atoms with Crippen LogP contribution in [0.25, 0.3) is 0 Å². The van der Waals surface area contributed by atoms with E-state index in [0.29, 0.717) is 11.7 Å². The van der Waals surface area contributed by atoms with Crippen LogP contribution in [0.2, 0.25) is 0 Å². The Morgan fingerprint density at radius 2 is 2.06 bits per heavy atom. The molecule has 0 atom stereocenters. The fraction of sp³-hybridized carbons (Fsp3) is 0.538. The van der Waals surface area contributed by atoms with E-state index >= 15 is 0 Å². The number of nitro benzene ring substituents is 1. The molecule has 1 aromatic rings. The molecule has 5 heteroatoms. The van der Waals surface area contributed by atoms with Crippen molar-refractivity contribution < 1.29 is 4.92 Å². The van der Waals surface area contributed by atoms with Crippen molar-refractivity contribution in [3.05, 3.63) is 34.4 Å². The van der Waals surface area contributed by atoms with Crippen molar-refractivity contribution in [1.82, 2.24) is 4.90 Å². The molecule has 1 aliphatic rings. The summed E-state index contributed by atoms with van der Waals surface area (Å²) in [5, 5.41) is 14.2. The zero-order valence-electron chi connectivity index (χ0n) is 10.6. The average molecular weight is 249 g/mol. The van der Waals surface area contributed by atoms with E-state index in [1.807, 2.05) is 6.07 Å². The van der Waals surface area contributed by atoms with Crippen LogP contribution in [0, 0.1) is 10.1 Å². The Balaban J connectivity index is 2.00. The van der Waals surface area contributed by atoms with Crippen LogP contribution in [0.4, 0.5) is 11.4 Å². The highest BCUT2D eigenvalue weighted by Gasteiger charge is 2.20. The molecule has 0 bridgehead atoms. The van der Waals surface area contributed by atoms with E-state index in [1.54, 1.807) is 18.2 Å². The lowest BCUT2D eigenvalue weighted by molar-refractivity contribution is -0.384. The van der Waals surface area contributed by atoms with Crippen LogP contribution in [0.1, 0.15) is 19.8 Å². The molecule has 1 aromatic carbocycles. The molecule has 18 heavy (non-hydrogen) atoms. The van der Waals surface area contributed by atoms with E-state index in [0.717, 1.165) is 32.5 Å². The molecule has 0 unspecified atom stereocenters. The summed E-state index contributed by atoms with van der Waals surface area (Å²) in [5.74, 6) is 0. The second-order valence-electron chi connectivity index (χ2n) is 4.63. The van der Waals surface area contributed by atoms with Crippen LogP contribution in [0.5, 0.6) is 0 Å². The SMILES string of the molecule is CCN1CCC(Nc2ccccc2[N+](=O)[O-])CC1. The first kappa shape index (κ1) is 12.8. The zero-order valence-corrected chi connectivity index (χ0v) is 10.6. The molecule has 1 saturated heterocycles. The number of nitro groups is 1. The van der Waals surface area contributed by atoms with Gasteiger partial charge in [0.1, 0.15) is 5.69 Å². The van der Waals surface area contributed by atoms with Crippen LogP contribution < -0.4 is 5.32 Å². The van der Waals surface area contributed by atoms with Gasteiger partial charge < -0.3 is 10.2 Å². The molecule has 98 valence electrons. The van der Waals surface area contributed by atoms with E-state index in [9.17, 15) is 10.1 Å².